The van der Waals surface area contributed by atoms with Crippen molar-refractivity contribution >= 4 is 39.2 Å². The molecule has 3 nitrogen and oxygen atoms in total. The summed E-state index contributed by atoms with van der Waals surface area (Å²) in [5, 5.41) is -0.547. The second-order valence-corrected chi connectivity index (χ2v) is 3.94. The number of halogens is 4. The summed E-state index contributed by atoms with van der Waals surface area (Å²) in [6, 6.07) is 0. The minimum absolute atomic E-state index is 0.0208. The maximum absolute atomic E-state index is 13.6. The molecule has 1 aromatic carbocycles. The molecular weight excluding hydrogens is 307 g/mol. The molecule has 88 valence electrons. The molecule has 0 saturated carbocycles. The fraction of sp³-hybridized carbons (Fsp3) is 0.222. The maximum Gasteiger partial charge on any atom is 0.343 e. The van der Waals surface area contributed by atoms with Gasteiger partial charge in [0.05, 0.1) is 21.8 Å². The highest BCUT2D eigenvalue weighted by molar-refractivity contribution is 9.10. The highest BCUT2D eigenvalue weighted by atomic mass is 79.9. The molecule has 2 N–H and O–H groups in total. The number of hydrogen-bond donors (Lipinski definition) is 1. The van der Waals surface area contributed by atoms with Crippen molar-refractivity contribution < 1.29 is 18.3 Å². The molecular formula is C9H7BrClF2NO2. The quantitative estimate of drug-likeness (QED) is 0.395. The number of ether oxygens (including phenoxy) is 1. The molecule has 0 aliphatic heterocycles. The highest BCUT2D eigenvalue weighted by Gasteiger charge is 2.26. The van der Waals surface area contributed by atoms with Crippen LogP contribution in [0.2, 0.25) is 5.02 Å². The van der Waals surface area contributed by atoms with Gasteiger partial charge in [0.1, 0.15) is 5.56 Å². The van der Waals surface area contributed by atoms with E-state index in [9.17, 15) is 13.6 Å². The average molecular weight is 315 g/mol. The first-order chi connectivity index (χ1) is 7.41. The fourth-order valence-corrected chi connectivity index (χ4v) is 1.62. The predicted molar refractivity (Wildman–Crippen MR) is 59.4 cm³/mol. The van der Waals surface area contributed by atoms with Crippen LogP contribution >= 0.6 is 27.5 Å². The Morgan fingerprint density at radius 2 is 2.06 bits per heavy atom. The number of benzene rings is 1. The van der Waals surface area contributed by atoms with Crippen molar-refractivity contribution in [2.45, 2.75) is 6.92 Å². The normalized spacial score (nSPS) is 10.3. The number of nitrogen functional groups attached to an aromatic ring is 1. The maximum atomic E-state index is 13.6. The second kappa shape index (κ2) is 4.97. The van der Waals surface area contributed by atoms with Crippen LogP contribution in [0.4, 0.5) is 14.5 Å². The van der Waals surface area contributed by atoms with E-state index >= 15 is 0 Å². The first kappa shape index (κ1) is 13.2. The van der Waals surface area contributed by atoms with Crippen LogP contribution in [-0.2, 0) is 4.74 Å². The van der Waals surface area contributed by atoms with Crippen molar-refractivity contribution in [2.75, 3.05) is 12.3 Å². The van der Waals surface area contributed by atoms with E-state index in [2.05, 4.69) is 20.7 Å². The molecule has 0 aliphatic carbocycles. The number of carbonyl (C=O) groups is 1. The minimum Gasteiger partial charge on any atom is -0.462 e. The van der Waals surface area contributed by atoms with Crippen LogP contribution in [0.15, 0.2) is 4.47 Å². The average Bonchev–Trinajstić information content (AvgIpc) is 2.24. The predicted octanol–water partition coefficient (Wildman–Crippen LogP) is 3.14. The monoisotopic (exact) mass is 313 g/mol. The summed E-state index contributed by atoms with van der Waals surface area (Å²) in [5.74, 6) is -3.15. The van der Waals surface area contributed by atoms with E-state index in [0.29, 0.717) is 0 Å². The van der Waals surface area contributed by atoms with E-state index in [4.69, 9.17) is 17.3 Å². The number of nitrogens with two attached hydrogens (primary N) is 1. The molecule has 0 aromatic heterocycles. The van der Waals surface area contributed by atoms with E-state index in [1.54, 1.807) is 0 Å². The van der Waals surface area contributed by atoms with Crippen molar-refractivity contribution in [3.05, 3.63) is 26.7 Å². The lowest BCUT2D eigenvalue weighted by Gasteiger charge is -2.10. The largest absolute Gasteiger partial charge is 0.462 e. The van der Waals surface area contributed by atoms with Crippen LogP contribution in [0.1, 0.15) is 17.3 Å². The van der Waals surface area contributed by atoms with E-state index in [-0.39, 0.29) is 11.1 Å². The zero-order valence-electron chi connectivity index (χ0n) is 8.11. The summed E-state index contributed by atoms with van der Waals surface area (Å²) in [5.41, 5.74) is 3.96. The standard InChI is InChI=1S/C9H7BrClF2NO2/c1-2-16-9(15)3-6(12)5(11)4(10)7(13)8(3)14/h2,14H2,1H3. The molecule has 0 aliphatic rings. The molecule has 7 heteroatoms. The molecule has 0 unspecified atom stereocenters. The van der Waals surface area contributed by atoms with Gasteiger partial charge >= 0.3 is 5.97 Å². The Bertz CT molecular complexity index is 425. The van der Waals surface area contributed by atoms with Gasteiger partial charge < -0.3 is 10.5 Å². The van der Waals surface area contributed by atoms with Crippen molar-refractivity contribution in [1.82, 2.24) is 0 Å². The van der Waals surface area contributed by atoms with Gasteiger partial charge in [-0.15, -0.1) is 0 Å². The zero-order valence-corrected chi connectivity index (χ0v) is 10.5. The third-order valence-electron chi connectivity index (χ3n) is 1.78. The van der Waals surface area contributed by atoms with Gasteiger partial charge in [-0.25, -0.2) is 13.6 Å². The van der Waals surface area contributed by atoms with Gasteiger partial charge in [0.15, 0.2) is 11.6 Å². The fourth-order valence-electron chi connectivity index (χ4n) is 1.05. The topological polar surface area (TPSA) is 52.3 Å². The Labute approximate surface area is 104 Å². The Morgan fingerprint density at radius 3 is 2.56 bits per heavy atom. The summed E-state index contributed by atoms with van der Waals surface area (Å²) in [4.78, 5) is 11.3. The molecule has 1 rings (SSSR count). The summed E-state index contributed by atoms with van der Waals surface area (Å²) in [7, 11) is 0. The molecule has 0 saturated heterocycles. The molecule has 0 spiro atoms. The second-order valence-electron chi connectivity index (χ2n) is 2.77. The van der Waals surface area contributed by atoms with Gasteiger partial charge in [-0.1, -0.05) is 11.6 Å². The van der Waals surface area contributed by atoms with Crippen molar-refractivity contribution in [3.8, 4) is 0 Å². The third kappa shape index (κ3) is 2.12. The van der Waals surface area contributed by atoms with Gasteiger partial charge in [-0.3, -0.25) is 0 Å². The number of anilines is 1. The molecule has 0 heterocycles. The third-order valence-corrected chi connectivity index (χ3v) is 3.11. The number of carbonyl (C=O) groups excluding carboxylic acids is 1. The van der Waals surface area contributed by atoms with Gasteiger partial charge in [0.25, 0.3) is 0 Å². The molecule has 0 fully saturated rings. The van der Waals surface area contributed by atoms with E-state index in [1.165, 1.54) is 6.92 Å². The van der Waals surface area contributed by atoms with E-state index < -0.39 is 33.9 Å². The van der Waals surface area contributed by atoms with Gasteiger partial charge in [0.2, 0.25) is 0 Å². The first-order valence-corrected chi connectivity index (χ1v) is 5.37. The SMILES string of the molecule is CCOC(=O)c1c(N)c(F)c(Br)c(Cl)c1F. The summed E-state index contributed by atoms with van der Waals surface area (Å²) in [6.07, 6.45) is 0. The van der Waals surface area contributed by atoms with Gasteiger partial charge in [-0.2, -0.15) is 0 Å². The summed E-state index contributed by atoms with van der Waals surface area (Å²) in [6.45, 7) is 1.55. The minimum atomic E-state index is -1.11. The number of rotatable bonds is 2. The Morgan fingerprint density at radius 1 is 1.50 bits per heavy atom. The molecule has 1 aromatic rings. The van der Waals surface area contributed by atoms with Gasteiger partial charge in [0, 0.05) is 0 Å². The summed E-state index contributed by atoms with van der Waals surface area (Å²) >= 11 is 8.20. The Hall–Kier alpha value is -0.880. The van der Waals surface area contributed by atoms with Crippen molar-refractivity contribution in [1.29, 1.82) is 0 Å². The first-order valence-electron chi connectivity index (χ1n) is 4.20. The van der Waals surface area contributed by atoms with Crippen LogP contribution in [0.3, 0.4) is 0 Å². The highest BCUT2D eigenvalue weighted by Crippen LogP contribution is 2.35. The van der Waals surface area contributed by atoms with Crippen LogP contribution in [0, 0.1) is 11.6 Å². The number of esters is 1. The molecule has 0 radical (unpaired) electrons. The van der Waals surface area contributed by atoms with E-state index in [0.717, 1.165) is 0 Å². The number of hydrogen-bond acceptors (Lipinski definition) is 3. The van der Waals surface area contributed by atoms with Crippen molar-refractivity contribution in [2.24, 2.45) is 0 Å². The van der Waals surface area contributed by atoms with Crippen molar-refractivity contribution in [3.63, 3.8) is 0 Å². The van der Waals surface area contributed by atoms with Crippen LogP contribution in [0.5, 0.6) is 0 Å². The van der Waals surface area contributed by atoms with Crippen LogP contribution in [-0.4, -0.2) is 12.6 Å². The Kier molecular flexibility index (Phi) is 4.09. The lowest BCUT2D eigenvalue weighted by atomic mass is 10.1. The zero-order chi connectivity index (χ0) is 12.5. The van der Waals surface area contributed by atoms with E-state index in [1.807, 2.05) is 0 Å². The lowest BCUT2D eigenvalue weighted by molar-refractivity contribution is 0.0522. The van der Waals surface area contributed by atoms with Crippen LogP contribution in [0.25, 0.3) is 0 Å². The lowest BCUT2D eigenvalue weighted by Crippen LogP contribution is -2.13. The molecule has 0 atom stereocenters. The van der Waals surface area contributed by atoms with Crippen LogP contribution < -0.4 is 5.73 Å². The summed E-state index contributed by atoms with van der Waals surface area (Å²) < 4.78 is 31.2. The van der Waals surface area contributed by atoms with Gasteiger partial charge in [-0.05, 0) is 22.9 Å². The Balaban J connectivity index is 3.45. The smallest absolute Gasteiger partial charge is 0.343 e. The molecule has 16 heavy (non-hydrogen) atoms. The molecule has 0 bridgehead atoms. The molecule has 0 amide bonds.